The molecule has 1 rings (SSSR count). The van der Waals surface area contributed by atoms with Gasteiger partial charge in [0.2, 0.25) is 0 Å². The van der Waals surface area contributed by atoms with Gasteiger partial charge in [0.1, 0.15) is 0 Å². The molecule has 0 N–H and O–H groups in total. The quantitative estimate of drug-likeness (QED) is 0.609. The molecule has 2 nitrogen and oxygen atoms in total. The van der Waals surface area contributed by atoms with E-state index in [0.717, 1.165) is 0 Å². The third kappa shape index (κ3) is 2.46. The first kappa shape index (κ1) is 8.91. The predicted molar refractivity (Wildman–Crippen MR) is 46.7 cm³/mol. The Morgan fingerprint density at radius 2 is 1.83 bits per heavy atom. The smallest absolute Gasteiger partial charge is 0.219 e. The molecular formula is C10H14NO+. The fourth-order valence-electron chi connectivity index (χ4n) is 1.02. The monoisotopic (exact) mass is 164 g/mol. The molecule has 0 aliphatic rings. The molecule has 64 valence electrons. The summed E-state index contributed by atoms with van der Waals surface area (Å²) < 4.78 is 1.62. The summed E-state index contributed by atoms with van der Waals surface area (Å²) in [6.45, 7) is 4.09. The molecule has 0 saturated heterocycles. The molecule has 0 amide bonds. The number of hydrogen-bond donors (Lipinski definition) is 0. The average molecular weight is 164 g/mol. The highest BCUT2D eigenvalue weighted by molar-refractivity contribution is 5.66. The number of rotatable bonds is 2. The average Bonchev–Trinajstić information content (AvgIpc) is 2.05. The fraction of sp³-hybridized carbons (Fsp3) is 0.400. The van der Waals surface area contributed by atoms with Crippen molar-refractivity contribution in [1.29, 1.82) is 0 Å². The summed E-state index contributed by atoms with van der Waals surface area (Å²) in [7, 11) is 0. The first-order valence-electron chi connectivity index (χ1n) is 4.19. The molecule has 0 aliphatic carbocycles. The van der Waals surface area contributed by atoms with Gasteiger partial charge in [-0.15, -0.1) is 4.57 Å². The van der Waals surface area contributed by atoms with Gasteiger partial charge in [-0.1, -0.05) is 19.9 Å². The minimum absolute atomic E-state index is 0.158. The molecular weight excluding hydrogens is 150 g/mol. The molecule has 0 saturated carbocycles. The van der Waals surface area contributed by atoms with Crippen LogP contribution in [-0.4, -0.2) is 5.91 Å². The maximum Gasteiger partial charge on any atom is 0.392 e. The molecule has 0 spiro atoms. The van der Waals surface area contributed by atoms with Crippen molar-refractivity contribution in [3.05, 3.63) is 30.6 Å². The Morgan fingerprint density at radius 1 is 1.25 bits per heavy atom. The maximum absolute atomic E-state index is 11.4. The van der Waals surface area contributed by atoms with E-state index in [9.17, 15) is 4.79 Å². The Kier molecular flexibility index (Phi) is 2.97. The van der Waals surface area contributed by atoms with Gasteiger partial charge < -0.3 is 0 Å². The zero-order valence-corrected chi connectivity index (χ0v) is 7.53. The number of hydrogen-bond acceptors (Lipinski definition) is 1. The van der Waals surface area contributed by atoms with Crippen molar-refractivity contribution < 1.29 is 9.36 Å². The van der Waals surface area contributed by atoms with E-state index in [-0.39, 0.29) is 5.91 Å². The Bertz CT molecular complexity index is 254. The second-order valence-electron chi connectivity index (χ2n) is 3.27. The molecule has 0 fully saturated rings. The second kappa shape index (κ2) is 4.00. The Labute approximate surface area is 72.8 Å². The number of nitrogens with zero attached hydrogens (tertiary/aromatic N) is 1. The van der Waals surface area contributed by atoms with Crippen molar-refractivity contribution >= 4 is 5.91 Å². The van der Waals surface area contributed by atoms with Crippen LogP contribution >= 0.6 is 0 Å². The number of aromatic nitrogens is 1. The van der Waals surface area contributed by atoms with Crippen LogP contribution < -0.4 is 4.57 Å². The molecule has 0 unspecified atom stereocenters. The number of carbonyl (C=O) groups excluding carboxylic acids is 1. The molecule has 1 aromatic heterocycles. The molecule has 1 heterocycles. The summed E-state index contributed by atoms with van der Waals surface area (Å²) in [5.74, 6) is 0.579. The van der Waals surface area contributed by atoms with Crippen LogP contribution in [0.5, 0.6) is 0 Å². The van der Waals surface area contributed by atoms with Crippen molar-refractivity contribution in [3.8, 4) is 0 Å². The Balaban J connectivity index is 2.66. The van der Waals surface area contributed by atoms with E-state index >= 15 is 0 Å². The highest BCUT2D eigenvalue weighted by atomic mass is 16.1. The van der Waals surface area contributed by atoms with Crippen molar-refractivity contribution in [1.82, 2.24) is 0 Å². The minimum atomic E-state index is 0.158. The van der Waals surface area contributed by atoms with E-state index in [1.54, 1.807) is 17.0 Å². The lowest BCUT2D eigenvalue weighted by Crippen LogP contribution is -2.41. The lowest BCUT2D eigenvalue weighted by molar-refractivity contribution is -0.574. The van der Waals surface area contributed by atoms with Gasteiger partial charge in [-0.25, -0.2) is 4.79 Å². The normalized spacial score (nSPS) is 10.2. The molecule has 0 aliphatic heterocycles. The van der Waals surface area contributed by atoms with Crippen LogP contribution in [0.1, 0.15) is 25.1 Å². The molecule has 1 aromatic rings. The van der Waals surface area contributed by atoms with Gasteiger partial charge in [0.15, 0.2) is 12.4 Å². The van der Waals surface area contributed by atoms with Gasteiger partial charge in [-0.05, 0) is 5.92 Å². The van der Waals surface area contributed by atoms with Crippen LogP contribution in [0.2, 0.25) is 0 Å². The van der Waals surface area contributed by atoms with E-state index in [1.807, 2.05) is 32.0 Å². The molecule has 0 bridgehead atoms. The first-order valence-corrected chi connectivity index (χ1v) is 4.19. The van der Waals surface area contributed by atoms with Crippen LogP contribution in [-0.2, 0) is 0 Å². The number of pyridine rings is 1. The summed E-state index contributed by atoms with van der Waals surface area (Å²) in [6, 6.07) is 5.62. The van der Waals surface area contributed by atoms with Gasteiger partial charge >= 0.3 is 5.91 Å². The van der Waals surface area contributed by atoms with Crippen molar-refractivity contribution in [2.75, 3.05) is 0 Å². The third-order valence-electron chi connectivity index (χ3n) is 1.59. The molecule has 2 heteroatoms. The third-order valence-corrected chi connectivity index (χ3v) is 1.59. The summed E-state index contributed by atoms with van der Waals surface area (Å²) in [5.41, 5.74) is 0. The van der Waals surface area contributed by atoms with Crippen LogP contribution in [0.4, 0.5) is 0 Å². The molecule has 0 aromatic carbocycles. The van der Waals surface area contributed by atoms with Crippen LogP contribution in [0.15, 0.2) is 30.6 Å². The van der Waals surface area contributed by atoms with Crippen LogP contribution in [0.25, 0.3) is 0 Å². The van der Waals surface area contributed by atoms with E-state index < -0.39 is 0 Å². The van der Waals surface area contributed by atoms with E-state index in [2.05, 4.69) is 0 Å². The maximum atomic E-state index is 11.4. The van der Waals surface area contributed by atoms with Gasteiger partial charge in [0.05, 0.1) is 6.42 Å². The lowest BCUT2D eigenvalue weighted by Gasteiger charge is -1.97. The van der Waals surface area contributed by atoms with E-state index in [4.69, 9.17) is 0 Å². The van der Waals surface area contributed by atoms with Gasteiger partial charge in [-0.2, -0.15) is 0 Å². The van der Waals surface area contributed by atoms with Crippen molar-refractivity contribution in [3.63, 3.8) is 0 Å². The lowest BCUT2D eigenvalue weighted by atomic mass is 10.1. The predicted octanol–water partition coefficient (Wildman–Crippen LogP) is 1.66. The topological polar surface area (TPSA) is 20.9 Å². The van der Waals surface area contributed by atoms with Gasteiger partial charge in [0, 0.05) is 12.1 Å². The summed E-state index contributed by atoms with van der Waals surface area (Å²) in [5, 5.41) is 0. The summed E-state index contributed by atoms with van der Waals surface area (Å²) in [6.07, 6.45) is 4.17. The SMILES string of the molecule is CC(C)CC(=O)[n+]1ccccc1. The first-order chi connectivity index (χ1) is 5.70. The van der Waals surface area contributed by atoms with E-state index in [1.165, 1.54) is 0 Å². The van der Waals surface area contributed by atoms with Crippen molar-refractivity contribution in [2.45, 2.75) is 20.3 Å². The Hall–Kier alpha value is -1.18. The second-order valence-corrected chi connectivity index (χ2v) is 3.27. The molecule has 12 heavy (non-hydrogen) atoms. The van der Waals surface area contributed by atoms with Gasteiger partial charge in [0.25, 0.3) is 0 Å². The van der Waals surface area contributed by atoms with Crippen molar-refractivity contribution in [2.24, 2.45) is 5.92 Å². The fourth-order valence-corrected chi connectivity index (χ4v) is 1.02. The zero-order chi connectivity index (χ0) is 8.97. The number of carbonyl (C=O) groups is 1. The van der Waals surface area contributed by atoms with Crippen LogP contribution in [0.3, 0.4) is 0 Å². The minimum Gasteiger partial charge on any atom is -0.219 e. The van der Waals surface area contributed by atoms with Crippen LogP contribution in [0, 0.1) is 5.92 Å². The summed E-state index contributed by atoms with van der Waals surface area (Å²) >= 11 is 0. The standard InChI is InChI=1S/C10H14NO/c1-9(2)8-10(12)11-6-4-3-5-7-11/h3-7,9H,8H2,1-2H3/q+1. The highest BCUT2D eigenvalue weighted by Gasteiger charge is 2.13. The molecule has 0 atom stereocenters. The Morgan fingerprint density at radius 3 is 2.33 bits per heavy atom. The molecule has 0 radical (unpaired) electrons. The largest absolute Gasteiger partial charge is 0.392 e. The highest BCUT2D eigenvalue weighted by Crippen LogP contribution is 1.97. The zero-order valence-electron chi connectivity index (χ0n) is 7.53. The van der Waals surface area contributed by atoms with E-state index in [0.29, 0.717) is 12.3 Å². The summed E-state index contributed by atoms with van der Waals surface area (Å²) in [4.78, 5) is 11.4. The van der Waals surface area contributed by atoms with Gasteiger partial charge in [-0.3, -0.25) is 0 Å².